The number of carbonyl (C=O) groups is 2. The van der Waals surface area contributed by atoms with Gasteiger partial charge in [-0.25, -0.2) is 12.8 Å². The molecule has 12 heteroatoms. The van der Waals surface area contributed by atoms with Crippen molar-refractivity contribution in [3.05, 3.63) is 58.4 Å². The quantitative estimate of drug-likeness (QED) is 0.362. The molecule has 38 heavy (non-hydrogen) atoms. The van der Waals surface area contributed by atoms with Gasteiger partial charge < -0.3 is 14.2 Å². The summed E-state index contributed by atoms with van der Waals surface area (Å²) in [6.07, 6.45) is 5.32. The third-order valence-corrected chi connectivity index (χ3v) is 10.1. The Morgan fingerprint density at radius 2 is 1.89 bits per heavy atom. The summed E-state index contributed by atoms with van der Waals surface area (Å²) in [5.41, 5.74) is 0.637. The van der Waals surface area contributed by atoms with E-state index in [4.69, 9.17) is 16.6 Å². The molecule has 0 N–H and O–H groups in total. The van der Waals surface area contributed by atoms with E-state index in [-0.39, 0.29) is 34.7 Å². The summed E-state index contributed by atoms with van der Waals surface area (Å²) in [5.74, 6) is -0.00126. The molecule has 4 heterocycles. The number of halogens is 1. The third kappa shape index (κ3) is 6.13. The van der Waals surface area contributed by atoms with Crippen molar-refractivity contribution in [3.8, 4) is 0 Å². The Hall–Kier alpha value is -2.70. The van der Waals surface area contributed by atoms with Crippen molar-refractivity contribution in [1.82, 2.24) is 9.80 Å². The first-order valence-corrected chi connectivity index (χ1v) is 15.6. The van der Waals surface area contributed by atoms with Gasteiger partial charge in [0.2, 0.25) is 5.91 Å². The van der Waals surface area contributed by atoms with Gasteiger partial charge in [0, 0.05) is 25.2 Å². The largest absolute Gasteiger partial charge is 0.444 e. The fourth-order valence-corrected chi connectivity index (χ4v) is 7.90. The van der Waals surface area contributed by atoms with E-state index in [9.17, 15) is 22.4 Å². The van der Waals surface area contributed by atoms with Crippen molar-refractivity contribution in [2.24, 2.45) is 0 Å². The van der Waals surface area contributed by atoms with Crippen LogP contribution in [0.2, 0.25) is 0 Å². The van der Waals surface area contributed by atoms with Crippen LogP contribution in [0, 0.1) is 5.82 Å². The predicted octanol–water partition coefficient (Wildman–Crippen LogP) is 3.83. The van der Waals surface area contributed by atoms with Gasteiger partial charge in [0.15, 0.2) is 15.7 Å². The second kappa shape index (κ2) is 11.2. The highest BCUT2D eigenvalue weighted by Gasteiger charge is 2.39. The molecule has 0 bridgehead atoms. The highest BCUT2D eigenvalue weighted by molar-refractivity contribution is 8.26. The van der Waals surface area contributed by atoms with E-state index < -0.39 is 27.7 Å². The first-order chi connectivity index (χ1) is 18.2. The monoisotopic (exact) mass is 577 g/mol. The molecule has 1 unspecified atom stereocenters. The zero-order chi connectivity index (χ0) is 26.9. The van der Waals surface area contributed by atoms with E-state index in [0.29, 0.717) is 22.6 Å². The van der Waals surface area contributed by atoms with Crippen LogP contribution in [0.15, 0.2) is 45.7 Å². The fourth-order valence-electron chi connectivity index (χ4n) is 4.92. The SMILES string of the molecule is O=C1/C(=C/c2ccc(F)cc2)SC(=S)N1CC(=O)N(Cc1ccc(N2CCCCC2)o1)C1CCS(=O)(=O)C1. The van der Waals surface area contributed by atoms with Gasteiger partial charge in [0.25, 0.3) is 5.91 Å². The lowest BCUT2D eigenvalue weighted by Gasteiger charge is -2.29. The number of furan rings is 1. The number of anilines is 1. The minimum absolute atomic E-state index is 0.0140. The predicted molar refractivity (Wildman–Crippen MR) is 149 cm³/mol. The molecule has 0 saturated carbocycles. The number of sulfone groups is 1. The van der Waals surface area contributed by atoms with Gasteiger partial charge in [-0.2, -0.15) is 0 Å². The standard InChI is InChI=1S/C26H28FN3O5S3/c27-19-6-4-18(5-7-19)14-22-25(32)30(26(36)37-22)16-23(31)29(20-10-13-38(33,34)17-20)15-21-8-9-24(35-21)28-11-2-1-3-12-28/h4-9,14,20H,1-3,10-13,15-17H2/b22-14-. The van der Waals surface area contributed by atoms with Crippen molar-refractivity contribution < 1.29 is 26.8 Å². The molecule has 1 aromatic carbocycles. The van der Waals surface area contributed by atoms with Gasteiger partial charge in [-0.15, -0.1) is 0 Å². The summed E-state index contributed by atoms with van der Waals surface area (Å²) >= 11 is 6.46. The smallest absolute Gasteiger partial charge is 0.266 e. The van der Waals surface area contributed by atoms with Crippen molar-refractivity contribution in [3.63, 3.8) is 0 Å². The van der Waals surface area contributed by atoms with E-state index >= 15 is 0 Å². The highest BCUT2D eigenvalue weighted by atomic mass is 32.2. The van der Waals surface area contributed by atoms with E-state index in [0.717, 1.165) is 43.6 Å². The molecule has 3 aliphatic heterocycles. The molecule has 3 fully saturated rings. The zero-order valence-electron chi connectivity index (χ0n) is 20.7. The van der Waals surface area contributed by atoms with Crippen LogP contribution in [0.1, 0.15) is 37.0 Å². The van der Waals surface area contributed by atoms with E-state index in [1.807, 2.05) is 12.1 Å². The van der Waals surface area contributed by atoms with Gasteiger partial charge in [0.1, 0.15) is 22.4 Å². The van der Waals surface area contributed by atoms with Gasteiger partial charge >= 0.3 is 0 Å². The summed E-state index contributed by atoms with van der Waals surface area (Å²) in [4.78, 5) is 31.9. The van der Waals surface area contributed by atoms with Gasteiger partial charge in [0.05, 0.1) is 23.0 Å². The van der Waals surface area contributed by atoms with E-state index in [1.54, 1.807) is 18.2 Å². The first-order valence-electron chi connectivity index (χ1n) is 12.5. The number of carbonyl (C=O) groups excluding carboxylic acids is 2. The number of hydrogen-bond donors (Lipinski definition) is 0. The van der Waals surface area contributed by atoms with Crippen LogP contribution in [-0.4, -0.2) is 71.5 Å². The summed E-state index contributed by atoms with van der Waals surface area (Å²) in [7, 11) is -3.25. The molecule has 0 radical (unpaired) electrons. The molecule has 2 aromatic rings. The minimum Gasteiger partial charge on any atom is -0.444 e. The van der Waals surface area contributed by atoms with Crippen LogP contribution in [0.25, 0.3) is 6.08 Å². The molecule has 202 valence electrons. The Morgan fingerprint density at radius 1 is 1.16 bits per heavy atom. The molecule has 3 saturated heterocycles. The lowest BCUT2D eigenvalue weighted by atomic mass is 10.1. The van der Waals surface area contributed by atoms with Crippen molar-refractivity contribution in [1.29, 1.82) is 0 Å². The van der Waals surface area contributed by atoms with Crippen molar-refractivity contribution in [2.45, 2.75) is 38.3 Å². The first kappa shape index (κ1) is 26.9. The Morgan fingerprint density at radius 3 is 2.58 bits per heavy atom. The maximum absolute atomic E-state index is 13.6. The third-order valence-electron chi connectivity index (χ3n) is 6.95. The molecule has 8 nitrogen and oxygen atoms in total. The number of thiocarbonyl (C=S) groups is 1. The number of hydrogen-bond acceptors (Lipinski definition) is 8. The number of benzene rings is 1. The van der Waals surface area contributed by atoms with Gasteiger partial charge in [-0.1, -0.05) is 36.1 Å². The summed E-state index contributed by atoms with van der Waals surface area (Å²) < 4.78 is 44.0. The summed E-state index contributed by atoms with van der Waals surface area (Å²) in [6.45, 7) is 1.63. The Bertz CT molecular complexity index is 1370. The number of piperidine rings is 1. The van der Waals surface area contributed by atoms with E-state index in [1.165, 1.54) is 28.4 Å². The molecule has 0 spiro atoms. The number of amides is 2. The summed E-state index contributed by atoms with van der Waals surface area (Å²) in [5, 5.41) is 0. The molecule has 3 aliphatic rings. The molecule has 1 atom stereocenters. The zero-order valence-corrected chi connectivity index (χ0v) is 23.1. The summed E-state index contributed by atoms with van der Waals surface area (Å²) in [6, 6.07) is 8.90. The van der Waals surface area contributed by atoms with Crippen LogP contribution in [-0.2, 0) is 26.0 Å². The number of thioether (sulfide) groups is 1. The van der Waals surface area contributed by atoms with Gasteiger partial charge in [-0.05, 0) is 55.5 Å². The van der Waals surface area contributed by atoms with Crippen LogP contribution < -0.4 is 4.90 Å². The topological polar surface area (TPSA) is 91.1 Å². The van der Waals surface area contributed by atoms with Crippen LogP contribution in [0.4, 0.5) is 10.3 Å². The second-order valence-electron chi connectivity index (χ2n) is 9.69. The average Bonchev–Trinajstić information content (AvgIpc) is 3.58. The van der Waals surface area contributed by atoms with Crippen LogP contribution >= 0.6 is 24.0 Å². The maximum atomic E-state index is 13.6. The van der Waals surface area contributed by atoms with Crippen LogP contribution in [0.3, 0.4) is 0 Å². The van der Waals surface area contributed by atoms with Gasteiger partial charge in [-0.3, -0.25) is 14.5 Å². The van der Waals surface area contributed by atoms with Crippen LogP contribution in [0.5, 0.6) is 0 Å². The highest BCUT2D eigenvalue weighted by Crippen LogP contribution is 2.33. The average molecular weight is 578 g/mol. The molecular weight excluding hydrogens is 550 g/mol. The van der Waals surface area contributed by atoms with E-state index in [2.05, 4.69) is 4.90 Å². The lowest BCUT2D eigenvalue weighted by molar-refractivity contribution is -0.137. The maximum Gasteiger partial charge on any atom is 0.266 e. The normalized spacial score (nSPS) is 22.4. The number of nitrogens with zero attached hydrogens (tertiary/aromatic N) is 3. The molecular formula is C26H28FN3O5S3. The second-order valence-corrected chi connectivity index (χ2v) is 13.6. The van der Waals surface area contributed by atoms with Crippen molar-refractivity contribution >= 4 is 61.9 Å². The Labute approximate surface area is 230 Å². The molecule has 2 amide bonds. The fraction of sp³-hybridized carbons (Fsp3) is 0.423. The Balaban J connectivity index is 1.32. The lowest BCUT2D eigenvalue weighted by Crippen LogP contribution is -2.46. The molecule has 5 rings (SSSR count). The molecule has 0 aliphatic carbocycles. The molecule has 1 aromatic heterocycles. The van der Waals surface area contributed by atoms with Crippen molar-refractivity contribution in [2.75, 3.05) is 36.0 Å². The Kier molecular flexibility index (Phi) is 7.92. The number of rotatable bonds is 7. The minimum atomic E-state index is -3.25.